The van der Waals surface area contributed by atoms with E-state index in [1.807, 2.05) is 4.90 Å². The standard InChI is InChI=1S/C18H26BrN3O3/c1-21(2)17(23)5-3-4-14-13-8-12(9-20-14)10-22(11-13)18(24)15-6-7-16(19)25-15/h6-7,12-14,20H,3-5,8-11H2,1-2H3/t12?,13?,14-/m1/s1. The molecule has 0 spiro atoms. The van der Waals surface area contributed by atoms with Crippen molar-refractivity contribution in [2.24, 2.45) is 11.8 Å². The van der Waals surface area contributed by atoms with Crippen molar-refractivity contribution in [2.45, 2.75) is 31.7 Å². The number of piperidine rings is 2. The summed E-state index contributed by atoms with van der Waals surface area (Å²) in [4.78, 5) is 28.0. The van der Waals surface area contributed by atoms with Crippen LogP contribution in [0, 0.1) is 11.8 Å². The van der Waals surface area contributed by atoms with Gasteiger partial charge in [0.1, 0.15) is 0 Å². The number of halogens is 1. The van der Waals surface area contributed by atoms with Gasteiger partial charge in [-0.3, -0.25) is 9.59 Å². The minimum atomic E-state index is -0.0242. The van der Waals surface area contributed by atoms with E-state index in [0.29, 0.717) is 34.7 Å². The summed E-state index contributed by atoms with van der Waals surface area (Å²) in [6.07, 6.45) is 3.61. The second-order valence-corrected chi connectivity index (χ2v) is 8.15. The second-order valence-electron chi connectivity index (χ2n) is 7.37. The van der Waals surface area contributed by atoms with E-state index in [0.717, 1.165) is 38.9 Å². The molecule has 3 atom stereocenters. The summed E-state index contributed by atoms with van der Waals surface area (Å²) in [5.74, 6) is 1.50. The summed E-state index contributed by atoms with van der Waals surface area (Å²) in [5, 5.41) is 3.63. The third-order valence-corrected chi connectivity index (χ3v) is 5.71. The van der Waals surface area contributed by atoms with Gasteiger partial charge >= 0.3 is 0 Å². The average Bonchev–Trinajstić information content (AvgIpc) is 3.02. The first kappa shape index (κ1) is 18.5. The lowest BCUT2D eigenvalue weighted by molar-refractivity contribution is -0.128. The van der Waals surface area contributed by atoms with Crippen LogP contribution in [0.2, 0.25) is 0 Å². The number of nitrogens with zero attached hydrogens (tertiary/aromatic N) is 2. The molecule has 6 nitrogen and oxygen atoms in total. The van der Waals surface area contributed by atoms with E-state index in [2.05, 4.69) is 21.2 Å². The van der Waals surface area contributed by atoms with E-state index in [1.54, 1.807) is 31.1 Å². The van der Waals surface area contributed by atoms with E-state index in [4.69, 9.17) is 4.42 Å². The molecule has 0 aromatic carbocycles. The molecular weight excluding hydrogens is 386 g/mol. The van der Waals surface area contributed by atoms with Gasteiger partial charge in [0.2, 0.25) is 5.91 Å². The molecule has 2 aliphatic heterocycles. The van der Waals surface area contributed by atoms with Crippen LogP contribution in [-0.2, 0) is 4.79 Å². The fraction of sp³-hybridized carbons (Fsp3) is 0.667. The SMILES string of the molecule is CN(C)C(=O)CCC[C@H]1NCC2CC1CN(C(=O)c1ccc(Br)o1)C2. The number of hydrogen-bond donors (Lipinski definition) is 1. The first-order chi connectivity index (χ1) is 11.9. The number of fused-ring (bicyclic) bond motifs is 2. The lowest BCUT2D eigenvalue weighted by Gasteiger charge is -2.45. The maximum atomic E-state index is 12.7. The molecule has 2 saturated heterocycles. The second kappa shape index (κ2) is 7.91. The van der Waals surface area contributed by atoms with Crippen molar-refractivity contribution in [3.8, 4) is 0 Å². The van der Waals surface area contributed by atoms with Gasteiger partial charge < -0.3 is 19.5 Å². The molecule has 2 aliphatic rings. The van der Waals surface area contributed by atoms with Gasteiger partial charge in [0.25, 0.3) is 5.91 Å². The Hall–Kier alpha value is -1.34. The maximum Gasteiger partial charge on any atom is 0.289 e. The molecule has 3 rings (SSSR count). The zero-order chi connectivity index (χ0) is 18.0. The molecular formula is C18H26BrN3O3. The molecule has 138 valence electrons. The van der Waals surface area contributed by atoms with Crippen LogP contribution in [0.15, 0.2) is 21.2 Å². The molecule has 2 bridgehead atoms. The lowest BCUT2D eigenvalue weighted by Crippen LogP contribution is -2.57. The van der Waals surface area contributed by atoms with Gasteiger partial charge in [-0.15, -0.1) is 0 Å². The van der Waals surface area contributed by atoms with Gasteiger partial charge in [0.05, 0.1) is 0 Å². The Kier molecular flexibility index (Phi) is 5.84. The first-order valence-corrected chi connectivity index (χ1v) is 9.71. The third kappa shape index (κ3) is 4.44. The lowest BCUT2D eigenvalue weighted by atomic mass is 9.79. The van der Waals surface area contributed by atoms with E-state index >= 15 is 0 Å². The van der Waals surface area contributed by atoms with E-state index in [1.165, 1.54) is 0 Å². The highest BCUT2D eigenvalue weighted by Crippen LogP contribution is 2.31. The normalized spacial score (nSPS) is 25.7. The Morgan fingerprint density at radius 1 is 1.36 bits per heavy atom. The highest BCUT2D eigenvalue weighted by Gasteiger charge is 2.38. The highest BCUT2D eigenvalue weighted by molar-refractivity contribution is 9.10. The van der Waals surface area contributed by atoms with Crippen molar-refractivity contribution in [3.63, 3.8) is 0 Å². The molecule has 25 heavy (non-hydrogen) atoms. The van der Waals surface area contributed by atoms with Crippen LogP contribution in [-0.4, -0.2) is 61.4 Å². The van der Waals surface area contributed by atoms with Crippen molar-refractivity contribution >= 4 is 27.7 Å². The number of nitrogens with one attached hydrogen (secondary N) is 1. The van der Waals surface area contributed by atoms with Crippen molar-refractivity contribution in [1.29, 1.82) is 0 Å². The fourth-order valence-electron chi connectivity index (χ4n) is 3.96. The molecule has 0 radical (unpaired) electrons. The minimum Gasteiger partial charge on any atom is -0.444 e. The molecule has 1 aromatic rings. The Balaban J connectivity index is 1.56. The topological polar surface area (TPSA) is 65.8 Å². The zero-order valence-electron chi connectivity index (χ0n) is 14.8. The Labute approximate surface area is 157 Å². The largest absolute Gasteiger partial charge is 0.444 e. The smallest absolute Gasteiger partial charge is 0.289 e. The third-order valence-electron chi connectivity index (χ3n) is 5.28. The van der Waals surface area contributed by atoms with Gasteiger partial charge in [0.15, 0.2) is 10.4 Å². The summed E-state index contributed by atoms with van der Waals surface area (Å²) >= 11 is 3.25. The molecule has 3 heterocycles. The zero-order valence-corrected chi connectivity index (χ0v) is 16.4. The summed E-state index contributed by atoms with van der Waals surface area (Å²) in [7, 11) is 3.59. The molecule has 0 saturated carbocycles. The summed E-state index contributed by atoms with van der Waals surface area (Å²) in [5.41, 5.74) is 0. The summed E-state index contributed by atoms with van der Waals surface area (Å²) in [6.45, 7) is 2.48. The van der Waals surface area contributed by atoms with Crippen molar-refractivity contribution < 1.29 is 14.0 Å². The number of rotatable bonds is 5. The van der Waals surface area contributed by atoms with Crippen LogP contribution in [0.5, 0.6) is 0 Å². The Bertz CT molecular complexity index is 631. The number of hydrogen-bond acceptors (Lipinski definition) is 4. The van der Waals surface area contributed by atoms with Crippen LogP contribution in [0.3, 0.4) is 0 Å². The Morgan fingerprint density at radius 2 is 2.16 bits per heavy atom. The number of furan rings is 1. The Morgan fingerprint density at radius 3 is 2.84 bits per heavy atom. The first-order valence-electron chi connectivity index (χ1n) is 8.92. The quantitative estimate of drug-likeness (QED) is 0.807. The number of amides is 2. The summed E-state index contributed by atoms with van der Waals surface area (Å²) < 4.78 is 6.01. The van der Waals surface area contributed by atoms with E-state index < -0.39 is 0 Å². The predicted octanol–water partition coefficient (Wildman–Crippen LogP) is 2.35. The van der Waals surface area contributed by atoms with Crippen LogP contribution in [0.4, 0.5) is 0 Å². The van der Waals surface area contributed by atoms with Crippen molar-refractivity contribution in [3.05, 3.63) is 22.6 Å². The molecule has 0 aliphatic carbocycles. The van der Waals surface area contributed by atoms with Gasteiger partial charge in [-0.25, -0.2) is 0 Å². The fourth-order valence-corrected chi connectivity index (χ4v) is 4.26. The van der Waals surface area contributed by atoms with Gasteiger partial charge in [-0.1, -0.05) is 0 Å². The number of likely N-dealkylation sites (tertiary alicyclic amines) is 1. The van der Waals surface area contributed by atoms with E-state index in [9.17, 15) is 9.59 Å². The molecule has 2 amide bonds. The maximum absolute atomic E-state index is 12.7. The van der Waals surface area contributed by atoms with Gasteiger partial charge in [0, 0.05) is 39.6 Å². The van der Waals surface area contributed by atoms with Crippen LogP contribution < -0.4 is 5.32 Å². The highest BCUT2D eigenvalue weighted by atomic mass is 79.9. The van der Waals surface area contributed by atoms with E-state index in [-0.39, 0.29) is 11.8 Å². The van der Waals surface area contributed by atoms with Crippen LogP contribution in [0.25, 0.3) is 0 Å². The molecule has 1 aromatic heterocycles. The van der Waals surface area contributed by atoms with Gasteiger partial charge in [-0.2, -0.15) is 0 Å². The average molecular weight is 412 g/mol. The van der Waals surface area contributed by atoms with Gasteiger partial charge in [-0.05, 0) is 65.7 Å². The molecule has 2 fully saturated rings. The van der Waals surface area contributed by atoms with Crippen LogP contribution in [0.1, 0.15) is 36.2 Å². The molecule has 7 heteroatoms. The number of carbonyl (C=O) groups is 2. The van der Waals surface area contributed by atoms with Crippen molar-refractivity contribution in [2.75, 3.05) is 33.7 Å². The minimum absolute atomic E-state index is 0.0242. The molecule has 1 N–H and O–H groups in total. The monoisotopic (exact) mass is 411 g/mol. The van der Waals surface area contributed by atoms with Crippen molar-refractivity contribution in [1.82, 2.24) is 15.1 Å². The summed E-state index contributed by atoms with van der Waals surface area (Å²) in [6, 6.07) is 3.86. The molecule has 2 unspecified atom stereocenters. The number of carbonyl (C=O) groups excluding carboxylic acids is 2. The predicted molar refractivity (Wildman–Crippen MR) is 98.2 cm³/mol. The van der Waals surface area contributed by atoms with Crippen LogP contribution >= 0.6 is 15.9 Å².